The van der Waals surface area contributed by atoms with Crippen LogP contribution in [0.1, 0.15) is 30.4 Å². The van der Waals surface area contributed by atoms with Crippen molar-refractivity contribution in [3.63, 3.8) is 0 Å². The summed E-state index contributed by atoms with van der Waals surface area (Å²) in [5.41, 5.74) is 2.30. The first-order valence-corrected chi connectivity index (χ1v) is 13.7. The van der Waals surface area contributed by atoms with Crippen LogP contribution >= 0.6 is 0 Å². The van der Waals surface area contributed by atoms with E-state index in [-0.39, 0.29) is 23.8 Å². The molecule has 2 aromatic carbocycles. The third kappa shape index (κ3) is 6.79. The summed E-state index contributed by atoms with van der Waals surface area (Å²) >= 11 is 0. The molecule has 3 atom stereocenters. The van der Waals surface area contributed by atoms with Gasteiger partial charge in [0.05, 0.1) is 30.1 Å². The van der Waals surface area contributed by atoms with E-state index in [0.717, 1.165) is 37.9 Å². The van der Waals surface area contributed by atoms with Gasteiger partial charge in [0.25, 0.3) is 0 Å². The van der Waals surface area contributed by atoms with Gasteiger partial charge in [-0.15, -0.1) is 0 Å². The lowest BCUT2D eigenvalue weighted by Gasteiger charge is -2.35. The normalized spacial score (nSPS) is 23.4. The summed E-state index contributed by atoms with van der Waals surface area (Å²) < 4.78 is 34.0. The fraction of sp³-hybridized carbons (Fsp3) is 0.444. The Morgan fingerprint density at radius 3 is 2.40 bits per heavy atom. The average molecular weight is 499 g/mol. The van der Waals surface area contributed by atoms with E-state index in [0.29, 0.717) is 5.92 Å². The summed E-state index contributed by atoms with van der Waals surface area (Å²) in [6.45, 7) is 2.99. The molecule has 0 radical (unpaired) electrons. The maximum Gasteiger partial charge on any atom is 0.241 e. The highest BCUT2D eigenvalue weighted by Crippen LogP contribution is 2.24. The third-order valence-corrected chi connectivity index (χ3v) is 8.27. The predicted octanol–water partition coefficient (Wildman–Crippen LogP) is 2.83. The molecule has 8 heteroatoms. The van der Waals surface area contributed by atoms with Crippen molar-refractivity contribution in [2.24, 2.45) is 5.92 Å². The zero-order chi connectivity index (χ0) is 24.8. The van der Waals surface area contributed by atoms with Gasteiger partial charge >= 0.3 is 0 Å². The quantitative estimate of drug-likeness (QED) is 0.546. The second kappa shape index (κ2) is 11.5. The van der Waals surface area contributed by atoms with Gasteiger partial charge in [-0.25, -0.2) is 13.1 Å². The molecule has 35 heavy (non-hydrogen) atoms. The Labute approximate surface area is 207 Å². The first kappa shape index (κ1) is 25.6. The van der Waals surface area contributed by atoms with E-state index < -0.39 is 28.3 Å². The van der Waals surface area contributed by atoms with Crippen LogP contribution in [0, 0.1) is 12.8 Å². The molecule has 2 aromatic rings. The molecular weight excluding hydrogens is 464 g/mol. The fourth-order valence-corrected chi connectivity index (χ4v) is 5.93. The maximum absolute atomic E-state index is 12.9. The van der Waals surface area contributed by atoms with Crippen LogP contribution in [0.25, 0.3) is 0 Å². The second-order valence-corrected chi connectivity index (χ2v) is 11.2. The fourth-order valence-electron chi connectivity index (χ4n) is 4.71. The standard InChI is InChI=1S/C27H34N2O5S/c1-20-7-10-24(11-8-20)35(32,33)28-25-12-9-23(34-26(25)19-30)18-27(31)29-15-13-22(14-16-29)17-21-5-3-2-4-6-21/h2-12,22-23,25-26,28,30H,13-19H2,1H3/t23-,25-,26-/m1/s1. The molecule has 188 valence electrons. The van der Waals surface area contributed by atoms with E-state index in [2.05, 4.69) is 29.0 Å². The number of sulfonamides is 1. The Balaban J connectivity index is 1.29. The summed E-state index contributed by atoms with van der Waals surface area (Å²) in [5.74, 6) is 0.599. The molecule has 2 aliphatic heterocycles. The molecule has 1 amide bonds. The van der Waals surface area contributed by atoms with E-state index in [9.17, 15) is 18.3 Å². The lowest BCUT2D eigenvalue weighted by Crippen LogP contribution is -2.49. The smallest absolute Gasteiger partial charge is 0.241 e. The van der Waals surface area contributed by atoms with E-state index in [1.807, 2.05) is 17.9 Å². The monoisotopic (exact) mass is 498 g/mol. The highest BCUT2D eigenvalue weighted by atomic mass is 32.2. The Kier molecular flexibility index (Phi) is 8.38. The van der Waals surface area contributed by atoms with E-state index >= 15 is 0 Å². The molecule has 2 aliphatic rings. The number of amides is 1. The van der Waals surface area contributed by atoms with E-state index in [1.165, 1.54) is 5.56 Å². The molecule has 0 unspecified atom stereocenters. The lowest BCUT2D eigenvalue weighted by molar-refractivity contribution is -0.136. The minimum absolute atomic E-state index is 0.0215. The van der Waals surface area contributed by atoms with Crippen molar-refractivity contribution in [3.8, 4) is 0 Å². The number of likely N-dealkylation sites (tertiary alicyclic amines) is 1. The molecule has 0 aromatic heterocycles. The number of carbonyl (C=O) groups is 1. The Bertz CT molecular complexity index is 1110. The summed E-state index contributed by atoms with van der Waals surface area (Å²) in [7, 11) is -3.77. The van der Waals surface area contributed by atoms with Gasteiger partial charge in [-0.1, -0.05) is 60.2 Å². The summed E-state index contributed by atoms with van der Waals surface area (Å²) in [6, 6.07) is 16.3. The van der Waals surface area contributed by atoms with Gasteiger partial charge in [0.15, 0.2) is 0 Å². The molecule has 0 bridgehead atoms. The van der Waals surface area contributed by atoms with Gasteiger partial charge < -0.3 is 14.7 Å². The Hall–Kier alpha value is -2.52. The summed E-state index contributed by atoms with van der Waals surface area (Å²) in [4.78, 5) is 14.9. The first-order chi connectivity index (χ1) is 16.8. The average Bonchev–Trinajstić information content (AvgIpc) is 2.86. The number of rotatable bonds is 8. The molecular formula is C27H34N2O5S. The highest BCUT2D eigenvalue weighted by molar-refractivity contribution is 7.89. The van der Waals surface area contributed by atoms with Gasteiger partial charge in [0.1, 0.15) is 6.10 Å². The van der Waals surface area contributed by atoms with Gasteiger partial charge in [0, 0.05) is 13.1 Å². The largest absolute Gasteiger partial charge is 0.394 e. The number of nitrogens with zero attached hydrogens (tertiary/aromatic N) is 1. The van der Waals surface area contributed by atoms with Crippen molar-refractivity contribution in [1.82, 2.24) is 9.62 Å². The highest BCUT2D eigenvalue weighted by Gasteiger charge is 2.32. The molecule has 0 spiro atoms. The van der Waals surface area contributed by atoms with Crippen molar-refractivity contribution in [3.05, 3.63) is 77.9 Å². The molecule has 2 heterocycles. The lowest BCUT2D eigenvalue weighted by atomic mass is 9.90. The van der Waals surface area contributed by atoms with Crippen molar-refractivity contribution in [1.29, 1.82) is 0 Å². The zero-order valence-corrected chi connectivity index (χ0v) is 20.9. The molecule has 1 saturated heterocycles. The molecule has 1 fully saturated rings. The SMILES string of the molecule is Cc1ccc(S(=O)(=O)N[C@@H]2C=C[C@H](CC(=O)N3CCC(Cc4ccccc4)CC3)O[C@@H]2CO)cc1. The number of benzene rings is 2. The van der Waals surface area contributed by atoms with Crippen LogP contribution in [0.5, 0.6) is 0 Å². The Morgan fingerprint density at radius 1 is 1.06 bits per heavy atom. The van der Waals surface area contributed by atoms with E-state index in [1.54, 1.807) is 36.4 Å². The predicted molar refractivity (Wildman–Crippen MR) is 134 cm³/mol. The van der Waals surface area contributed by atoms with Gasteiger partial charge in [-0.2, -0.15) is 0 Å². The van der Waals surface area contributed by atoms with E-state index in [4.69, 9.17) is 4.74 Å². The van der Waals surface area contributed by atoms with Crippen LogP contribution in [0.4, 0.5) is 0 Å². The number of aliphatic hydroxyl groups is 1. The number of hydrogen-bond donors (Lipinski definition) is 2. The number of aliphatic hydroxyl groups excluding tert-OH is 1. The number of carbonyl (C=O) groups excluding carboxylic acids is 1. The number of hydrogen-bond acceptors (Lipinski definition) is 5. The second-order valence-electron chi connectivity index (χ2n) is 9.46. The summed E-state index contributed by atoms with van der Waals surface area (Å²) in [5, 5.41) is 9.83. The Morgan fingerprint density at radius 2 is 1.74 bits per heavy atom. The summed E-state index contributed by atoms with van der Waals surface area (Å²) in [6.07, 6.45) is 5.29. The molecule has 2 N–H and O–H groups in total. The molecule has 0 saturated carbocycles. The number of aryl methyl sites for hydroxylation is 1. The van der Waals surface area contributed by atoms with Gasteiger partial charge in [-0.05, 0) is 49.8 Å². The van der Waals surface area contributed by atoms with Crippen molar-refractivity contribution in [2.75, 3.05) is 19.7 Å². The van der Waals surface area contributed by atoms with Crippen molar-refractivity contribution >= 4 is 15.9 Å². The minimum Gasteiger partial charge on any atom is -0.394 e. The number of piperidine rings is 1. The topological polar surface area (TPSA) is 95.9 Å². The van der Waals surface area contributed by atoms with Crippen LogP contribution in [-0.4, -0.2) is 62.3 Å². The molecule has 4 rings (SSSR count). The molecule has 0 aliphatic carbocycles. The zero-order valence-electron chi connectivity index (χ0n) is 20.0. The van der Waals surface area contributed by atoms with Crippen LogP contribution in [-0.2, 0) is 26.0 Å². The van der Waals surface area contributed by atoms with Gasteiger partial charge in [-0.3, -0.25) is 4.79 Å². The number of nitrogens with one attached hydrogen (secondary N) is 1. The maximum atomic E-state index is 12.9. The van der Waals surface area contributed by atoms with Crippen LogP contribution < -0.4 is 4.72 Å². The number of ether oxygens (including phenoxy) is 1. The van der Waals surface area contributed by atoms with Crippen molar-refractivity contribution in [2.45, 2.75) is 55.8 Å². The van der Waals surface area contributed by atoms with Crippen LogP contribution in [0.3, 0.4) is 0 Å². The minimum atomic E-state index is -3.77. The third-order valence-electron chi connectivity index (χ3n) is 6.80. The van der Waals surface area contributed by atoms with Gasteiger partial charge in [0.2, 0.25) is 15.9 Å². The van der Waals surface area contributed by atoms with Crippen molar-refractivity contribution < 1.29 is 23.1 Å². The first-order valence-electron chi connectivity index (χ1n) is 12.2. The van der Waals surface area contributed by atoms with Crippen LogP contribution in [0.2, 0.25) is 0 Å². The molecule has 7 nitrogen and oxygen atoms in total. The van der Waals surface area contributed by atoms with Crippen LogP contribution in [0.15, 0.2) is 71.6 Å².